The molecule has 39 heavy (non-hydrogen) atoms. The van der Waals surface area contributed by atoms with Crippen LogP contribution >= 0.6 is 23.1 Å². The highest BCUT2D eigenvalue weighted by Gasteiger charge is 2.41. The van der Waals surface area contributed by atoms with Crippen LogP contribution in [0, 0.1) is 17.1 Å². The van der Waals surface area contributed by atoms with Crippen LogP contribution < -0.4 is 16.0 Å². The van der Waals surface area contributed by atoms with Gasteiger partial charge in [0.25, 0.3) is 0 Å². The number of carbonyl (C=O) groups is 2. The lowest BCUT2D eigenvalue weighted by molar-refractivity contribution is -0.116. The zero-order valence-electron chi connectivity index (χ0n) is 21.1. The number of Topliss-reactive ketones (excluding diaryl/α,β-unsaturated/α-hetero) is 1. The van der Waals surface area contributed by atoms with E-state index in [1.54, 1.807) is 17.0 Å². The monoisotopic (exact) mass is 560 g/mol. The van der Waals surface area contributed by atoms with Crippen LogP contribution in [0.1, 0.15) is 43.2 Å². The molecule has 1 atom stereocenters. The Morgan fingerprint density at radius 3 is 2.64 bits per heavy atom. The standard InChI is InChI=1S/C28H25FN6O2S2/c1-2-16-6-12-19(13-7-16)32-23(37)15-38-28-34-33-27(39-28)35-21-4-3-5-22(36)25(21)24(20(14-30)26(35)31)17-8-10-18(29)11-9-17/h6-13,24H,2-5,15,31H2,1H3,(H,32,37). The number of nitrogens with two attached hydrogens (primary N) is 1. The molecule has 0 bridgehead atoms. The summed E-state index contributed by atoms with van der Waals surface area (Å²) in [5.74, 6) is -1.02. The third-order valence-corrected chi connectivity index (χ3v) is 8.72. The minimum atomic E-state index is -0.675. The number of rotatable bonds is 7. The van der Waals surface area contributed by atoms with Gasteiger partial charge in [0.15, 0.2) is 10.1 Å². The van der Waals surface area contributed by atoms with E-state index in [2.05, 4.69) is 28.5 Å². The van der Waals surface area contributed by atoms with Crippen molar-refractivity contribution in [2.24, 2.45) is 5.73 Å². The number of nitrogens with one attached hydrogen (secondary N) is 1. The molecule has 0 spiro atoms. The molecule has 5 rings (SSSR count). The summed E-state index contributed by atoms with van der Waals surface area (Å²) in [7, 11) is 0. The molecule has 2 aromatic carbocycles. The predicted molar refractivity (Wildman–Crippen MR) is 149 cm³/mol. The number of thioether (sulfide) groups is 1. The quantitative estimate of drug-likeness (QED) is 0.374. The number of halogens is 1. The third kappa shape index (κ3) is 5.44. The highest BCUT2D eigenvalue weighted by Crippen LogP contribution is 2.47. The second-order valence-corrected chi connectivity index (χ2v) is 11.3. The molecule has 1 aliphatic heterocycles. The molecule has 1 aliphatic carbocycles. The summed E-state index contributed by atoms with van der Waals surface area (Å²) in [6.07, 6.45) is 2.49. The second kappa shape index (κ2) is 11.4. The summed E-state index contributed by atoms with van der Waals surface area (Å²) in [5.41, 5.74) is 10.5. The lowest BCUT2D eigenvalue weighted by Gasteiger charge is -2.38. The van der Waals surface area contributed by atoms with Gasteiger partial charge < -0.3 is 11.1 Å². The van der Waals surface area contributed by atoms with Crippen LogP contribution in [0.5, 0.6) is 0 Å². The van der Waals surface area contributed by atoms with Crippen LogP contribution in [0.4, 0.5) is 15.2 Å². The molecule has 198 valence electrons. The van der Waals surface area contributed by atoms with Gasteiger partial charge in [-0.25, -0.2) is 4.39 Å². The van der Waals surface area contributed by atoms with Crippen molar-refractivity contribution in [3.63, 3.8) is 0 Å². The Balaban J connectivity index is 1.39. The van der Waals surface area contributed by atoms with Crippen molar-refractivity contribution in [1.29, 1.82) is 5.26 Å². The van der Waals surface area contributed by atoms with Crippen molar-refractivity contribution in [3.05, 3.63) is 88.1 Å². The van der Waals surface area contributed by atoms with Crippen LogP contribution in [0.15, 0.2) is 75.5 Å². The Hall–Kier alpha value is -4.01. The highest BCUT2D eigenvalue weighted by atomic mass is 32.2. The topological polar surface area (TPSA) is 125 Å². The van der Waals surface area contributed by atoms with E-state index in [9.17, 15) is 19.2 Å². The number of aromatic nitrogens is 2. The largest absolute Gasteiger partial charge is 0.384 e. The molecule has 2 aliphatic rings. The Morgan fingerprint density at radius 2 is 1.95 bits per heavy atom. The number of carbonyl (C=O) groups excluding carboxylic acids is 2. The molecule has 2 heterocycles. The van der Waals surface area contributed by atoms with Gasteiger partial charge >= 0.3 is 0 Å². The smallest absolute Gasteiger partial charge is 0.234 e. The van der Waals surface area contributed by atoms with E-state index in [1.807, 2.05) is 24.3 Å². The van der Waals surface area contributed by atoms with Crippen molar-refractivity contribution < 1.29 is 14.0 Å². The maximum absolute atomic E-state index is 13.6. The zero-order valence-corrected chi connectivity index (χ0v) is 22.7. The first-order chi connectivity index (χ1) is 18.9. The summed E-state index contributed by atoms with van der Waals surface area (Å²) < 4.78 is 14.2. The van der Waals surface area contributed by atoms with Gasteiger partial charge in [0.2, 0.25) is 11.0 Å². The number of amides is 1. The zero-order chi connectivity index (χ0) is 27.5. The van der Waals surface area contributed by atoms with E-state index >= 15 is 0 Å². The number of ketones is 1. The average Bonchev–Trinajstić information content (AvgIpc) is 3.41. The number of allylic oxidation sites excluding steroid dienone is 3. The minimum absolute atomic E-state index is 0.0708. The third-order valence-electron chi connectivity index (χ3n) is 6.68. The number of anilines is 2. The second-order valence-electron chi connectivity index (χ2n) is 9.11. The van der Waals surface area contributed by atoms with Crippen molar-refractivity contribution in [3.8, 4) is 6.07 Å². The molecular formula is C28H25FN6O2S2. The summed E-state index contributed by atoms with van der Waals surface area (Å²) in [5, 5.41) is 21.9. The molecule has 8 nitrogen and oxygen atoms in total. The molecular weight excluding hydrogens is 535 g/mol. The van der Waals surface area contributed by atoms with Gasteiger partial charge in [0.1, 0.15) is 11.6 Å². The van der Waals surface area contributed by atoms with Crippen molar-refractivity contribution in [2.45, 2.75) is 42.9 Å². The van der Waals surface area contributed by atoms with Crippen LogP contribution in [0.3, 0.4) is 0 Å². The summed E-state index contributed by atoms with van der Waals surface area (Å²) in [6.45, 7) is 2.07. The van der Waals surface area contributed by atoms with Gasteiger partial charge in [-0.15, -0.1) is 10.2 Å². The molecule has 0 saturated carbocycles. The van der Waals surface area contributed by atoms with E-state index in [1.165, 1.54) is 40.8 Å². The minimum Gasteiger partial charge on any atom is -0.384 e. The van der Waals surface area contributed by atoms with Crippen LogP contribution in [-0.2, 0) is 16.0 Å². The fourth-order valence-electron chi connectivity index (χ4n) is 4.79. The number of nitrogens with zero attached hydrogens (tertiary/aromatic N) is 4. The van der Waals surface area contributed by atoms with Crippen LogP contribution in [0.25, 0.3) is 0 Å². The van der Waals surface area contributed by atoms with E-state index < -0.39 is 11.7 Å². The lowest BCUT2D eigenvalue weighted by Crippen LogP contribution is -2.38. The number of hydrogen-bond donors (Lipinski definition) is 2. The van der Waals surface area contributed by atoms with Gasteiger partial charge in [0.05, 0.1) is 23.3 Å². The van der Waals surface area contributed by atoms with Gasteiger partial charge in [-0.1, -0.05) is 54.3 Å². The summed E-state index contributed by atoms with van der Waals surface area (Å²) >= 11 is 2.48. The van der Waals surface area contributed by atoms with Crippen molar-refractivity contribution >= 4 is 45.6 Å². The van der Waals surface area contributed by atoms with Gasteiger partial charge in [-0.3, -0.25) is 14.5 Å². The van der Waals surface area contributed by atoms with E-state index in [0.717, 1.165) is 12.1 Å². The van der Waals surface area contributed by atoms with Crippen LogP contribution in [-0.4, -0.2) is 27.6 Å². The van der Waals surface area contributed by atoms with Gasteiger partial charge in [0, 0.05) is 23.4 Å². The molecule has 0 fully saturated rings. The molecule has 0 radical (unpaired) electrons. The van der Waals surface area contributed by atoms with E-state index in [4.69, 9.17) is 5.73 Å². The maximum Gasteiger partial charge on any atom is 0.234 e. The van der Waals surface area contributed by atoms with E-state index in [0.29, 0.717) is 45.6 Å². The molecule has 1 unspecified atom stereocenters. The SMILES string of the molecule is CCc1ccc(NC(=O)CSc2nnc(N3C(N)=C(C#N)C(c4ccc(F)cc4)C4=C3CCCC4=O)s2)cc1. The van der Waals surface area contributed by atoms with Crippen LogP contribution in [0.2, 0.25) is 0 Å². The molecule has 3 aromatic rings. The number of aryl methyl sites for hydroxylation is 1. The molecule has 11 heteroatoms. The van der Waals surface area contributed by atoms with Gasteiger partial charge in [-0.2, -0.15) is 5.26 Å². The predicted octanol–water partition coefficient (Wildman–Crippen LogP) is 5.28. The fourth-order valence-corrected chi connectivity index (χ4v) is 6.47. The van der Waals surface area contributed by atoms with E-state index in [-0.39, 0.29) is 28.8 Å². The van der Waals surface area contributed by atoms with Crippen molar-refractivity contribution in [1.82, 2.24) is 10.2 Å². The lowest BCUT2D eigenvalue weighted by atomic mass is 9.76. The molecule has 3 N–H and O–H groups in total. The molecule has 0 saturated heterocycles. The Morgan fingerprint density at radius 1 is 1.21 bits per heavy atom. The van der Waals surface area contributed by atoms with Gasteiger partial charge in [-0.05, 0) is 54.7 Å². The number of benzene rings is 2. The molecule has 1 aromatic heterocycles. The average molecular weight is 561 g/mol. The fraction of sp³-hybridized carbons (Fsp3) is 0.250. The summed E-state index contributed by atoms with van der Waals surface area (Å²) in [4.78, 5) is 27.3. The molecule has 1 amide bonds. The normalized spacial score (nSPS) is 17.2. The van der Waals surface area contributed by atoms with Crippen molar-refractivity contribution in [2.75, 3.05) is 16.0 Å². The Labute approximate surface area is 233 Å². The first kappa shape index (κ1) is 26.6. The Bertz CT molecular complexity index is 1520. The number of hydrogen-bond acceptors (Lipinski definition) is 9. The first-order valence-corrected chi connectivity index (χ1v) is 14.3. The Kier molecular flexibility index (Phi) is 7.77. The number of nitriles is 1. The first-order valence-electron chi connectivity index (χ1n) is 12.5. The highest BCUT2D eigenvalue weighted by molar-refractivity contribution is 8.01. The summed E-state index contributed by atoms with van der Waals surface area (Å²) in [6, 6.07) is 15.7. The maximum atomic E-state index is 13.6.